The number of hydrogen-bond donors (Lipinski definition) is 2. The van der Waals surface area contributed by atoms with Crippen molar-refractivity contribution >= 4 is 11.6 Å². The summed E-state index contributed by atoms with van der Waals surface area (Å²) in [5.41, 5.74) is 2.53. The van der Waals surface area contributed by atoms with E-state index < -0.39 is 0 Å². The van der Waals surface area contributed by atoms with Gasteiger partial charge in [0.05, 0.1) is 31.1 Å². The van der Waals surface area contributed by atoms with Crippen LogP contribution in [0.15, 0.2) is 36.5 Å². The first-order valence-electron chi connectivity index (χ1n) is 9.90. The van der Waals surface area contributed by atoms with Crippen molar-refractivity contribution in [3.05, 3.63) is 53.6 Å². The number of amides is 1. The number of halogens is 1. The summed E-state index contributed by atoms with van der Waals surface area (Å²) in [7, 11) is 1.84. The third kappa shape index (κ3) is 6.42. The standard InChI is InChI=1S/C19H22FN3O3.C3H8/c1-12(17-6-4-14(20)9-21-17)26-16-5-3-13-7-15(11-24)22-19(25)10-23(2)18(13)8-16;1-3-2/h3-6,8-9,12,15,24H,7,10-11H2,1-2H3,(H,22,25);3H2,1-2H3. The lowest BCUT2D eigenvalue weighted by molar-refractivity contribution is -0.120. The number of rotatable bonds is 4. The Morgan fingerprint density at radius 3 is 2.69 bits per heavy atom. The summed E-state index contributed by atoms with van der Waals surface area (Å²) < 4.78 is 19.0. The molecule has 2 unspecified atom stereocenters. The number of carbonyl (C=O) groups excluding carboxylic acids is 1. The van der Waals surface area contributed by atoms with Gasteiger partial charge in [-0.3, -0.25) is 9.78 Å². The molecule has 0 saturated carbocycles. The van der Waals surface area contributed by atoms with Gasteiger partial charge in [0.2, 0.25) is 5.91 Å². The fraction of sp³-hybridized carbons (Fsp3) is 0.455. The molecule has 29 heavy (non-hydrogen) atoms. The lowest BCUT2D eigenvalue weighted by atomic mass is 10.0. The van der Waals surface area contributed by atoms with E-state index in [4.69, 9.17) is 4.74 Å². The van der Waals surface area contributed by atoms with Gasteiger partial charge in [-0.05, 0) is 37.1 Å². The summed E-state index contributed by atoms with van der Waals surface area (Å²) in [5, 5.41) is 12.3. The summed E-state index contributed by atoms with van der Waals surface area (Å²) in [6, 6.07) is 8.31. The van der Waals surface area contributed by atoms with E-state index >= 15 is 0 Å². The topological polar surface area (TPSA) is 74.7 Å². The summed E-state index contributed by atoms with van der Waals surface area (Å²) >= 11 is 0. The normalized spacial score (nSPS) is 17.1. The van der Waals surface area contributed by atoms with Crippen molar-refractivity contribution in [2.24, 2.45) is 0 Å². The Morgan fingerprint density at radius 1 is 1.34 bits per heavy atom. The number of likely N-dealkylation sites (N-methyl/N-ethyl adjacent to an activating group) is 1. The van der Waals surface area contributed by atoms with Crippen molar-refractivity contribution in [1.29, 1.82) is 0 Å². The number of carbonyl (C=O) groups is 1. The van der Waals surface area contributed by atoms with Crippen LogP contribution in [0.3, 0.4) is 0 Å². The average Bonchev–Trinajstić information content (AvgIpc) is 2.68. The number of hydrogen-bond acceptors (Lipinski definition) is 5. The molecule has 158 valence electrons. The number of fused-ring (bicyclic) bond motifs is 1. The summed E-state index contributed by atoms with van der Waals surface area (Å²) in [5.74, 6) is 0.114. The van der Waals surface area contributed by atoms with E-state index in [1.165, 1.54) is 12.5 Å². The highest BCUT2D eigenvalue weighted by molar-refractivity contribution is 5.82. The van der Waals surface area contributed by atoms with Crippen molar-refractivity contribution in [1.82, 2.24) is 10.3 Å². The van der Waals surface area contributed by atoms with Crippen LogP contribution in [0.1, 0.15) is 44.6 Å². The summed E-state index contributed by atoms with van der Waals surface area (Å²) in [4.78, 5) is 17.9. The molecule has 1 aromatic heterocycles. The van der Waals surface area contributed by atoms with Gasteiger partial charge in [0.1, 0.15) is 17.7 Å². The zero-order chi connectivity index (χ0) is 21.4. The van der Waals surface area contributed by atoms with Gasteiger partial charge in [0.15, 0.2) is 0 Å². The van der Waals surface area contributed by atoms with Crippen LogP contribution in [-0.2, 0) is 11.2 Å². The minimum atomic E-state index is -0.389. The number of nitrogens with one attached hydrogen (secondary N) is 1. The van der Waals surface area contributed by atoms with Crippen LogP contribution in [0, 0.1) is 5.82 Å². The number of nitrogens with zero attached hydrogens (tertiary/aromatic N) is 2. The van der Waals surface area contributed by atoms with E-state index in [1.54, 1.807) is 6.07 Å². The average molecular weight is 403 g/mol. The Hall–Kier alpha value is -2.67. The molecule has 2 aromatic rings. The molecule has 1 amide bonds. The van der Waals surface area contributed by atoms with Crippen LogP contribution in [0.5, 0.6) is 5.75 Å². The molecule has 6 nitrogen and oxygen atoms in total. The smallest absolute Gasteiger partial charge is 0.239 e. The number of aliphatic hydroxyl groups excluding tert-OH is 1. The second-order valence-electron chi connectivity index (χ2n) is 7.17. The molecule has 2 N–H and O–H groups in total. The Bertz CT molecular complexity index is 798. The van der Waals surface area contributed by atoms with Crippen molar-refractivity contribution in [3.8, 4) is 5.75 Å². The monoisotopic (exact) mass is 403 g/mol. The maximum atomic E-state index is 13.0. The number of aliphatic hydroxyl groups is 1. The molecule has 2 atom stereocenters. The molecule has 0 aliphatic carbocycles. The molecule has 2 heterocycles. The van der Waals surface area contributed by atoms with Gasteiger partial charge in [-0.15, -0.1) is 0 Å². The molecule has 0 spiro atoms. The first-order chi connectivity index (χ1) is 13.9. The second-order valence-corrected chi connectivity index (χ2v) is 7.17. The molecule has 1 aromatic carbocycles. The zero-order valence-electron chi connectivity index (χ0n) is 17.5. The lowest BCUT2D eigenvalue weighted by Gasteiger charge is -2.29. The number of benzene rings is 1. The van der Waals surface area contributed by atoms with E-state index in [0.717, 1.165) is 17.4 Å². The molecule has 0 fully saturated rings. The molecule has 0 saturated heterocycles. The Kier molecular flexibility index (Phi) is 8.39. The minimum Gasteiger partial charge on any atom is -0.484 e. The van der Waals surface area contributed by atoms with Crippen LogP contribution in [0.25, 0.3) is 0 Å². The highest BCUT2D eigenvalue weighted by atomic mass is 19.1. The molecular formula is C22H30FN3O3. The SMILES string of the molecule is CC(Oc1ccc2c(c1)N(C)CC(=O)NC(CO)C2)c1ccc(F)cn1.CCC. The van der Waals surface area contributed by atoms with Gasteiger partial charge < -0.3 is 20.1 Å². The second kappa shape index (κ2) is 10.8. The van der Waals surface area contributed by atoms with Crippen LogP contribution < -0.4 is 15.0 Å². The van der Waals surface area contributed by atoms with Crippen LogP contribution in [0.4, 0.5) is 10.1 Å². The van der Waals surface area contributed by atoms with Crippen molar-refractivity contribution in [3.63, 3.8) is 0 Å². The molecule has 3 rings (SSSR count). The Balaban J connectivity index is 0.000000941. The first-order valence-corrected chi connectivity index (χ1v) is 9.90. The largest absolute Gasteiger partial charge is 0.484 e. The van der Waals surface area contributed by atoms with E-state index in [9.17, 15) is 14.3 Å². The molecule has 7 heteroatoms. The van der Waals surface area contributed by atoms with Gasteiger partial charge in [0, 0.05) is 18.8 Å². The molecular weight excluding hydrogens is 373 g/mol. The fourth-order valence-corrected chi connectivity index (χ4v) is 3.04. The van der Waals surface area contributed by atoms with E-state index in [-0.39, 0.29) is 37.0 Å². The highest BCUT2D eigenvalue weighted by Crippen LogP contribution is 2.30. The number of anilines is 1. The van der Waals surface area contributed by atoms with Gasteiger partial charge in [-0.1, -0.05) is 26.3 Å². The molecule has 0 radical (unpaired) electrons. The minimum absolute atomic E-state index is 0.111. The van der Waals surface area contributed by atoms with Crippen LogP contribution >= 0.6 is 0 Å². The Morgan fingerprint density at radius 2 is 2.07 bits per heavy atom. The van der Waals surface area contributed by atoms with Gasteiger partial charge in [-0.25, -0.2) is 4.39 Å². The van der Waals surface area contributed by atoms with Crippen LogP contribution in [-0.4, -0.2) is 42.2 Å². The van der Waals surface area contributed by atoms with Gasteiger partial charge in [-0.2, -0.15) is 0 Å². The quantitative estimate of drug-likeness (QED) is 0.820. The number of ether oxygens (including phenoxy) is 1. The molecule has 0 bridgehead atoms. The third-order valence-electron chi connectivity index (χ3n) is 4.38. The van der Waals surface area contributed by atoms with E-state index in [2.05, 4.69) is 24.1 Å². The number of pyridine rings is 1. The maximum absolute atomic E-state index is 13.0. The predicted octanol–water partition coefficient (Wildman–Crippen LogP) is 3.25. The van der Waals surface area contributed by atoms with Crippen LogP contribution in [0.2, 0.25) is 0 Å². The molecule has 1 aliphatic rings. The summed E-state index contributed by atoms with van der Waals surface area (Å²) in [6.07, 6.45) is 2.61. The molecule has 1 aliphatic heterocycles. The predicted molar refractivity (Wildman–Crippen MR) is 112 cm³/mol. The highest BCUT2D eigenvalue weighted by Gasteiger charge is 2.22. The maximum Gasteiger partial charge on any atom is 0.239 e. The van der Waals surface area contributed by atoms with E-state index in [1.807, 2.05) is 37.1 Å². The zero-order valence-corrected chi connectivity index (χ0v) is 17.5. The first kappa shape index (κ1) is 22.6. The third-order valence-corrected chi connectivity index (χ3v) is 4.38. The van der Waals surface area contributed by atoms with Crippen molar-refractivity contribution < 1.29 is 19.0 Å². The van der Waals surface area contributed by atoms with Gasteiger partial charge >= 0.3 is 0 Å². The van der Waals surface area contributed by atoms with E-state index in [0.29, 0.717) is 17.9 Å². The van der Waals surface area contributed by atoms with Gasteiger partial charge in [0.25, 0.3) is 0 Å². The number of aromatic nitrogens is 1. The summed E-state index contributed by atoms with van der Waals surface area (Å²) in [6.45, 7) is 6.18. The Labute approximate surface area is 171 Å². The van der Waals surface area contributed by atoms with Crippen molar-refractivity contribution in [2.75, 3.05) is 25.1 Å². The van der Waals surface area contributed by atoms with Crippen molar-refractivity contribution in [2.45, 2.75) is 45.8 Å². The lowest BCUT2D eigenvalue weighted by Crippen LogP contribution is -2.46. The fourth-order valence-electron chi connectivity index (χ4n) is 3.04.